The van der Waals surface area contributed by atoms with Gasteiger partial charge < -0.3 is 10.2 Å². The fourth-order valence-corrected chi connectivity index (χ4v) is 2.78. The molecular weight excluding hydrogens is 336 g/mol. The fourth-order valence-electron chi connectivity index (χ4n) is 2.66. The monoisotopic (exact) mass is 358 g/mol. The Hall–Kier alpha value is -2.33. The zero-order valence-corrected chi connectivity index (χ0v) is 15.3. The van der Waals surface area contributed by atoms with E-state index in [0.29, 0.717) is 18.0 Å². The first-order valence-electron chi connectivity index (χ1n) is 8.30. The van der Waals surface area contributed by atoms with Gasteiger partial charge >= 0.3 is 0 Å². The highest BCUT2D eigenvalue weighted by molar-refractivity contribution is 6.30. The highest BCUT2D eigenvalue weighted by Gasteiger charge is 2.24. The van der Waals surface area contributed by atoms with Gasteiger partial charge in [-0.15, -0.1) is 0 Å². The summed E-state index contributed by atoms with van der Waals surface area (Å²) in [6, 6.07) is 16.6. The molecular formula is C20H23ClN2O2. The smallest absolute Gasteiger partial charge is 0.242 e. The molecule has 132 valence electrons. The number of benzene rings is 2. The van der Waals surface area contributed by atoms with Crippen LogP contribution in [0.2, 0.25) is 5.02 Å². The first-order valence-corrected chi connectivity index (χ1v) is 8.68. The van der Waals surface area contributed by atoms with Gasteiger partial charge in [0.15, 0.2) is 0 Å². The lowest BCUT2D eigenvalue weighted by Gasteiger charge is -2.28. The van der Waals surface area contributed by atoms with Crippen molar-refractivity contribution in [2.24, 2.45) is 0 Å². The van der Waals surface area contributed by atoms with Crippen LogP contribution in [0, 0.1) is 0 Å². The van der Waals surface area contributed by atoms with Gasteiger partial charge in [0.2, 0.25) is 11.8 Å². The maximum Gasteiger partial charge on any atom is 0.242 e. The molecule has 2 aromatic rings. The Kier molecular flexibility index (Phi) is 7.02. The number of halogens is 1. The van der Waals surface area contributed by atoms with Gasteiger partial charge in [-0.3, -0.25) is 9.59 Å². The van der Waals surface area contributed by atoms with Crippen molar-refractivity contribution >= 4 is 23.4 Å². The number of amides is 2. The summed E-state index contributed by atoms with van der Waals surface area (Å²) in [5.74, 6) is -0.244. The predicted octanol–water partition coefficient (Wildman–Crippen LogP) is 3.09. The SMILES string of the molecule is CNC(=O)C(C)N(CCc1ccccc1)C(=O)Cc1ccc(Cl)cc1. The van der Waals surface area contributed by atoms with E-state index in [1.54, 1.807) is 31.0 Å². The van der Waals surface area contributed by atoms with Crippen LogP contribution in [0.25, 0.3) is 0 Å². The summed E-state index contributed by atoms with van der Waals surface area (Å²) in [5.41, 5.74) is 2.01. The van der Waals surface area contributed by atoms with E-state index in [2.05, 4.69) is 5.32 Å². The van der Waals surface area contributed by atoms with Crippen molar-refractivity contribution in [1.29, 1.82) is 0 Å². The van der Waals surface area contributed by atoms with E-state index < -0.39 is 6.04 Å². The molecule has 1 unspecified atom stereocenters. The van der Waals surface area contributed by atoms with Crippen LogP contribution < -0.4 is 5.32 Å². The molecule has 0 radical (unpaired) electrons. The lowest BCUT2D eigenvalue weighted by molar-refractivity contribution is -0.139. The quantitative estimate of drug-likeness (QED) is 0.826. The van der Waals surface area contributed by atoms with Crippen molar-refractivity contribution in [1.82, 2.24) is 10.2 Å². The largest absolute Gasteiger partial charge is 0.357 e. The molecule has 0 aromatic heterocycles. The van der Waals surface area contributed by atoms with E-state index in [0.717, 1.165) is 11.1 Å². The molecule has 25 heavy (non-hydrogen) atoms. The maximum atomic E-state index is 12.8. The van der Waals surface area contributed by atoms with E-state index in [1.165, 1.54) is 0 Å². The third-order valence-corrected chi connectivity index (χ3v) is 4.42. The molecule has 0 fully saturated rings. The molecule has 1 N–H and O–H groups in total. The van der Waals surface area contributed by atoms with Gasteiger partial charge in [-0.2, -0.15) is 0 Å². The van der Waals surface area contributed by atoms with Crippen molar-refractivity contribution in [3.05, 3.63) is 70.7 Å². The Morgan fingerprint density at radius 2 is 1.68 bits per heavy atom. The number of carbonyl (C=O) groups excluding carboxylic acids is 2. The molecule has 0 aliphatic rings. The Labute approximate surface area is 153 Å². The third kappa shape index (κ3) is 5.61. The number of nitrogens with zero attached hydrogens (tertiary/aromatic N) is 1. The molecule has 2 rings (SSSR count). The number of hydrogen-bond donors (Lipinski definition) is 1. The molecule has 0 aliphatic heterocycles. The molecule has 4 nitrogen and oxygen atoms in total. The average Bonchev–Trinajstić information content (AvgIpc) is 2.63. The Bertz CT molecular complexity index is 701. The molecule has 2 amide bonds. The average molecular weight is 359 g/mol. The van der Waals surface area contributed by atoms with Crippen LogP contribution in [0.1, 0.15) is 18.1 Å². The van der Waals surface area contributed by atoms with Crippen LogP contribution in [0.4, 0.5) is 0 Å². The second-order valence-corrected chi connectivity index (χ2v) is 6.35. The van der Waals surface area contributed by atoms with Crippen LogP contribution in [-0.4, -0.2) is 36.3 Å². The van der Waals surface area contributed by atoms with Crippen LogP contribution in [0.3, 0.4) is 0 Å². The van der Waals surface area contributed by atoms with Crippen LogP contribution in [0.5, 0.6) is 0 Å². The Morgan fingerprint density at radius 3 is 2.28 bits per heavy atom. The molecule has 0 bridgehead atoms. The van der Waals surface area contributed by atoms with Gasteiger partial charge in [0.25, 0.3) is 0 Å². The summed E-state index contributed by atoms with van der Waals surface area (Å²) in [6.07, 6.45) is 0.946. The normalized spacial score (nSPS) is 11.6. The van der Waals surface area contributed by atoms with Crippen molar-refractivity contribution in [3.8, 4) is 0 Å². The lowest BCUT2D eigenvalue weighted by atomic mass is 10.1. The van der Waals surface area contributed by atoms with Crippen molar-refractivity contribution in [2.75, 3.05) is 13.6 Å². The molecule has 5 heteroatoms. The maximum absolute atomic E-state index is 12.8. The van der Waals surface area contributed by atoms with Crippen molar-refractivity contribution in [2.45, 2.75) is 25.8 Å². The van der Waals surface area contributed by atoms with Crippen LogP contribution in [-0.2, 0) is 22.4 Å². The van der Waals surface area contributed by atoms with Crippen molar-refractivity contribution in [3.63, 3.8) is 0 Å². The summed E-state index contributed by atoms with van der Waals surface area (Å²) in [7, 11) is 1.58. The second-order valence-electron chi connectivity index (χ2n) is 5.92. The molecule has 0 saturated carbocycles. The molecule has 0 heterocycles. The van der Waals surface area contributed by atoms with Gasteiger partial charge in [-0.05, 0) is 36.6 Å². The summed E-state index contributed by atoms with van der Waals surface area (Å²) in [5, 5.41) is 3.25. The minimum absolute atomic E-state index is 0.0747. The summed E-state index contributed by atoms with van der Waals surface area (Å²) in [6.45, 7) is 2.24. The lowest BCUT2D eigenvalue weighted by Crippen LogP contribution is -2.48. The number of rotatable bonds is 7. The first-order chi connectivity index (χ1) is 12.0. The standard InChI is InChI=1S/C20H23ClN2O2/c1-15(20(25)22-2)23(13-12-16-6-4-3-5-7-16)19(24)14-17-8-10-18(21)11-9-17/h3-11,15H,12-14H2,1-2H3,(H,22,25). The molecule has 0 aliphatic carbocycles. The number of likely N-dealkylation sites (N-methyl/N-ethyl adjacent to an activating group) is 1. The van der Waals surface area contributed by atoms with Gasteiger partial charge in [-0.1, -0.05) is 54.1 Å². The predicted molar refractivity (Wildman–Crippen MR) is 101 cm³/mol. The summed E-state index contributed by atoms with van der Waals surface area (Å²) < 4.78 is 0. The highest BCUT2D eigenvalue weighted by atomic mass is 35.5. The molecule has 0 saturated heterocycles. The van der Waals surface area contributed by atoms with Crippen LogP contribution >= 0.6 is 11.6 Å². The summed E-state index contributed by atoms with van der Waals surface area (Å²) >= 11 is 5.89. The number of carbonyl (C=O) groups is 2. The minimum atomic E-state index is -0.520. The van der Waals surface area contributed by atoms with Gasteiger partial charge in [0.1, 0.15) is 6.04 Å². The minimum Gasteiger partial charge on any atom is -0.357 e. The van der Waals surface area contributed by atoms with E-state index in [-0.39, 0.29) is 18.2 Å². The third-order valence-electron chi connectivity index (χ3n) is 4.17. The van der Waals surface area contributed by atoms with Gasteiger partial charge in [0, 0.05) is 18.6 Å². The topological polar surface area (TPSA) is 49.4 Å². The number of nitrogens with one attached hydrogen (secondary N) is 1. The first kappa shape index (κ1) is 19.0. The van der Waals surface area contributed by atoms with E-state index in [9.17, 15) is 9.59 Å². The molecule has 0 spiro atoms. The zero-order valence-electron chi connectivity index (χ0n) is 14.5. The van der Waals surface area contributed by atoms with Gasteiger partial charge in [-0.25, -0.2) is 0 Å². The molecule has 1 atom stereocenters. The Morgan fingerprint density at radius 1 is 1.04 bits per heavy atom. The highest BCUT2D eigenvalue weighted by Crippen LogP contribution is 2.13. The van der Waals surface area contributed by atoms with E-state index >= 15 is 0 Å². The van der Waals surface area contributed by atoms with Crippen LogP contribution in [0.15, 0.2) is 54.6 Å². The number of hydrogen-bond acceptors (Lipinski definition) is 2. The van der Waals surface area contributed by atoms with E-state index in [4.69, 9.17) is 11.6 Å². The second kappa shape index (κ2) is 9.23. The van der Waals surface area contributed by atoms with Gasteiger partial charge in [0.05, 0.1) is 6.42 Å². The fraction of sp³-hybridized carbons (Fsp3) is 0.300. The van der Waals surface area contributed by atoms with Crippen molar-refractivity contribution < 1.29 is 9.59 Å². The van der Waals surface area contributed by atoms with E-state index in [1.807, 2.05) is 42.5 Å². The molecule has 2 aromatic carbocycles. The zero-order chi connectivity index (χ0) is 18.2. The Balaban J connectivity index is 2.10. The summed E-state index contributed by atoms with van der Waals surface area (Å²) in [4.78, 5) is 26.5.